The van der Waals surface area contributed by atoms with Gasteiger partial charge >= 0.3 is 6.03 Å². The zero-order valence-corrected chi connectivity index (χ0v) is 14.9. The molecule has 2 fully saturated rings. The molecule has 0 spiro atoms. The van der Waals surface area contributed by atoms with Crippen molar-refractivity contribution in [1.29, 1.82) is 0 Å². The molecule has 2 aliphatic heterocycles. The Morgan fingerprint density at radius 2 is 2.12 bits per heavy atom. The molecule has 1 aromatic carbocycles. The van der Waals surface area contributed by atoms with Gasteiger partial charge in [0.25, 0.3) is 11.8 Å². The van der Waals surface area contributed by atoms with Gasteiger partial charge in [0.15, 0.2) is 0 Å². The van der Waals surface area contributed by atoms with Gasteiger partial charge in [0, 0.05) is 12.6 Å². The topological polar surface area (TPSA) is 79.0 Å². The third-order valence-electron chi connectivity index (χ3n) is 4.69. The summed E-state index contributed by atoms with van der Waals surface area (Å²) in [5.41, 5.74) is 0.417. The zero-order valence-electron chi connectivity index (χ0n) is 14.0. The molecule has 7 nitrogen and oxygen atoms in total. The third kappa shape index (κ3) is 2.62. The maximum atomic E-state index is 13.1. The molecule has 0 aliphatic carbocycles. The fraction of sp³-hybridized carbons (Fsp3) is 0.278. The molecule has 8 heteroatoms. The summed E-state index contributed by atoms with van der Waals surface area (Å²) in [4.78, 5) is 41.6. The number of amides is 4. The lowest BCUT2D eigenvalue weighted by Gasteiger charge is -2.36. The summed E-state index contributed by atoms with van der Waals surface area (Å²) >= 11 is 1.34. The van der Waals surface area contributed by atoms with Gasteiger partial charge in [-0.05, 0) is 30.0 Å². The Morgan fingerprint density at radius 3 is 2.85 bits per heavy atom. The Kier molecular flexibility index (Phi) is 4.12. The van der Waals surface area contributed by atoms with Crippen LogP contribution in [0.2, 0.25) is 0 Å². The van der Waals surface area contributed by atoms with Crippen molar-refractivity contribution in [2.45, 2.75) is 18.5 Å². The van der Waals surface area contributed by atoms with Crippen molar-refractivity contribution < 1.29 is 19.1 Å². The van der Waals surface area contributed by atoms with E-state index in [9.17, 15) is 14.4 Å². The predicted molar refractivity (Wildman–Crippen MR) is 96.6 cm³/mol. The molecule has 2 atom stereocenters. The van der Waals surface area contributed by atoms with Crippen LogP contribution in [-0.4, -0.2) is 48.5 Å². The van der Waals surface area contributed by atoms with Crippen LogP contribution in [0.1, 0.15) is 16.1 Å². The fourth-order valence-electron chi connectivity index (χ4n) is 3.47. The average Bonchev–Trinajstić information content (AvgIpc) is 3.31. The lowest BCUT2D eigenvalue weighted by molar-refractivity contribution is -0.122. The first-order chi connectivity index (χ1) is 12.6. The summed E-state index contributed by atoms with van der Waals surface area (Å²) in [6, 6.07) is 8.75. The number of imide groups is 1. The van der Waals surface area contributed by atoms with Crippen molar-refractivity contribution in [3.63, 3.8) is 0 Å². The molecule has 1 aromatic heterocycles. The van der Waals surface area contributed by atoms with Crippen LogP contribution >= 0.6 is 11.3 Å². The summed E-state index contributed by atoms with van der Waals surface area (Å²) in [5.74, 6) is -0.0276. The van der Waals surface area contributed by atoms with E-state index in [1.165, 1.54) is 18.4 Å². The largest absolute Gasteiger partial charge is 0.497 e. The maximum Gasteiger partial charge on any atom is 0.329 e. The van der Waals surface area contributed by atoms with Crippen LogP contribution in [0.25, 0.3) is 0 Å². The monoisotopic (exact) mass is 371 g/mol. The number of hydrogen-bond donors (Lipinski definition) is 1. The summed E-state index contributed by atoms with van der Waals surface area (Å²) in [6.07, 6.45) is 0.561. The molecular weight excluding hydrogens is 354 g/mol. The molecule has 26 heavy (non-hydrogen) atoms. The molecule has 2 aromatic rings. The first-order valence-corrected chi connectivity index (χ1v) is 9.11. The number of nitrogens with one attached hydrogen (secondary N) is 1. The quantitative estimate of drug-likeness (QED) is 0.896. The second kappa shape index (κ2) is 6.45. The highest BCUT2D eigenvalue weighted by Crippen LogP contribution is 2.30. The van der Waals surface area contributed by atoms with Gasteiger partial charge in [-0.15, -0.1) is 11.3 Å². The van der Waals surface area contributed by atoms with E-state index in [-0.39, 0.29) is 11.9 Å². The molecule has 0 saturated carbocycles. The summed E-state index contributed by atoms with van der Waals surface area (Å²) < 4.78 is 5.18. The van der Waals surface area contributed by atoms with E-state index in [0.29, 0.717) is 29.3 Å². The summed E-state index contributed by atoms with van der Waals surface area (Å²) in [6.45, 7) is 0.435. The lowest BCUT2D eigenvalue weighted by atomic mass is 10.0. The van der Waals surface area contributed by atoms with Crippen LogP contribution in [0.15, 0.2) is 41.8 Å². The summed E-state index contributed by atoms with van der Waals surface area (Å²) in [5, 5.41) is 4.69. The van der Waals surface area contributed by atoms with Gasteiger partial charge in [0.05, 0.1) is 23.7 Å². The molecule has 0 radical (unpaired) electrons. The molecule has 3 heterocycles. The van der Waals surface area contributed by atoms with E-state index in [2.05, 4.69) is 5.32 Å². The smallest absolute Gasteiger partial charge is 0.329 e. The number of fused-ring (bicyclic) bond motifs is 1. The zero-order chi connectivity index (χ0) is 18.3. The van der Waals surface area contributed by atoms with Crippen molar-refractivity contribution in [3.05, 3.63) is 46.7 Å². The van der Waals surface area contributed by atoms with Crippen molar-refractivity contribution in [3.8, 4) is 5.75 Å². The highest BCUT2D eigenvalue weighted by molar-refractivity contribution is 7.12. The highest BCUT2D eigenvalue weighted by atomic mass is 32.1. The van der Waals surface area contributed by atoms with E-state index in [1.54, 1.807) is 41.3 Å². The van der Waals surface area contributed by atoms with Gasteiger partial charge in [-0.2, -0.15) is 0 Å². The number of nitrogens with zero attached hydrogens (tertiary/aromatic N) is 2. The minimum absolute atomic E-state index is 0.178. The van der Waals surface area contributed by atoms with Crippen LogP contribution in [0, 0.1) is 0 Å². The molecule has 2 saturated heterocycles. The minimum atomic E-state index is -0.700. The van der Waals surface area contributed by atoms with Gasteiger partial charge in [0.1, 0.15) is 11.8 Å². The van der Waals surface area contributed by atoms with Gasteiger partial charge in [-0.3, -0.25) is 9.59 Å². The molecule has 2 unspecified atom stereocenters. The van der Waals surface area contributed by atoms with E-state index in [1.807, 2.05) is 5.38 Å². The third-order valence-corrected chi connectivity index (χ3v) is 5.55. The van der Waals surface area contributed by atoms with Crippen LogP contribution in [-0.2, 0) is 4.79 Å². The highest BCUT2D eigenvalue weighted by Gasteiger charge is 2.50. The van der Waals surface area contributed by atoms with Crippen molar-refractivity contribution in [2.75, 3.05) is 18.6 Å². The van der Waals surface area contributed by atoms with Crippen LogP contribution in [0.3, 0.4) is 0 Å². The molecule has 1 N–H and O–H groups in total. The van der Waals surface area contributed by atoms with Crippen LogP contribution in [0.4, 0.5) is 10.5 Å². The standard InChI is InChI=1S/C18H17N3O4S/c1-25-12-5-2-4-11(10-12)21-17(23)15-13(19-18(21)24)7-8-20(15)16(22)14-6-3-9-26-14/h2-6,9-10,13,15H,7-8H2,1H3,(H,19,24). The SMILES string of the molecule is COc1cccc(N2C(=O)NC3CCN(C(=O)c4cccs4)C3C2=O)c1. The molecule has 2 aliphatic rings. The minimum Gasteiger partial charge on any atom is -0.497 e. The van der Waals surface area contributed by atoms with Gasteiger partial charge in [-0.25, -0.2) is 9.69 Å². The molecule has 4 amide bonds. The molecular formula is C18H17N3O4S. The Labute approximate surface area is 154 Å². The van der Waals surface area contributed by atoms with E-state index < -0.39 is 18.0 Å². The van der Waals surface area contributed by atoms with Gasteiger partial charge < -0.3 is 15.0 Å². The number of urea groups is 1. The van der Waals surface area contributed by atoms with Crippen LogP contribution < -0.4 is 15.0 Å². The number of hydrogen-bond acceptors (Lipinski definition) is 5. The molecule has 0 bridgehead atoms. The van der Waals surface area contributed by atoms with E-state index in [4.69, 9.17) is 4.74 Å². The number of benzene rings is 1. The normalized spacial score (nSPS) is 22.2. The number of likely N-dealkylation sites (tertiary alicyclic amines) is 1. The molecule has 4 rings (SSSR count). The van der Waals surface area contributed by atoms with Crippen molar-refractivity contribution in [1.82, 2.24) is 10.2 Å². The number of methoxy groups -OCH3 is 1. The number of anilines is 1. The van der Waals surface area contributed by atoms with E-state index >= 15 is 0 Å². The molecule has 134 valence electrons. The summed E-state index contributed by atoms with van der Waals surface area (Å²) in [7, 11) is 1.52. The first kappa shape index (κ1) is 16.6. The Hall–Kier alpha value is -2.87. The Balaban J connectivity index is 1.66. The fourth-order valence-corrected chi connectivity index (χ4v) is 4.15. The number of carbonyl (C=O) groups excluding carboxylic acids is 3. The Morgan fingerprint density at radius 1 is 1.27 bits per heavy atom. The van der Waals surface area contributed by atoms with Gasteiger partial charge in [-0.1, -0.05) is 12.1 Å². The second-order valence-electron chi connectivity index (χ2n) is 6.14. The number of thiophene rings is 1. The average molecular weight is 371 g/mol. The maximum absolute atomic E-state index is 13.1. The number of rotatable bonds is 3. The number of ether oxygens (including phenoxy) is 1. The first-order valence-electron chi connectivity index (χ1n) is 8.23. The number of carbonyl (C=O) groups is 3. The predicted octanol–water partition coefficient (Wildman–Crippen LogP) is 2.10. The second-order valence-corrected chi connectivity index (χ2v) is 7.09. The van der Waals surface area contributed by atoms with Gasteiger partial charge in [0.2, 0.25) is 0 Å². The lowest BCUT2D eigenvalue weighted by Crippen LogP contribution is -2.65. The Bertz CT molecular complexity index is 867. The van der Waals surface area contributed by atoms with Crippen molar-refractivity contribution in [2.24, 2.45) is 0 Å². The van der Waals surface area contributed by atoms with Crippen LogP contribution in [0.5, 0.6) is 5.75 Å². The van der Waals surface area contributed by atoms with Crippen molar-refractivity contribution >= 4 is 34.9 Å². The van der Waals surface area contributed by atoms with E-state index in [0.717, 1.165) is 4.90 Å².